The zero-order valence-electron chi connectivity index (χ0n) is 6.96. The molecule has 0 spiro atoms. The summed E-state index contributed by atoms with van der Waals surface area (Å²) in [5.41, 5.74) is 0.452. The van der Waals surface area contributed by atoms with Crippen LogP contribution >= 0.6 is 45.2 Å². The van der Waals surface area contributed by atoms with Crippen molar-refractivity contribution in [2.75, 3.05) is 6.61 Å². The molecule has 4 nitrogen and oxygen atoms in total. The highest BCUT2D eigenvalue weighted by Gasteiger charge is 2.19. The van der Waals surface area contributed by atoms with Gasteiger partial charge in [-0.3, -0.25) is 0 Å². The van der Waals surface area contributed by atoms with E-state index < -0.39 is 5.75 Å². The van der Waals surface area contributed by atoms with Crippen LogP contribution < -0.4 is 0 Å². The van der Waals surface area contributed by atoms with Crippen molar-refractivity contribution in [3.8, 4) is 17.2 Å². The normalized spacial score (nSPS) is 10.5. The summed E-state index contributed by atoms with van der Waals surface area (Å²) in [5, 5.41) is 36.9. The molecule has 0 saturated heterocycles. The van der Waals surface area contributed by atoms with Gasteiger partial charge in [-0.15, -0.1) is 0 Å². The van der Waals surface area contributed by atoms with E-state index >= 15 is 0 Å². The second-order valence-electron chi connectivity index (χ2n) is 2.63. The van der Waals surface area contributed by atoms with Crippen molar-refractivity contribution < 1.29 is 20.4 Å². The van der Waals surface area contributed by atoms with Crippen molar-refractivity contribution in [2.45, 2.75) is 6.42 Å². The molecule has 0 aromatic heterocycles. The summed E-state index contributed by atoms with van der Waals surface area (Å²) in [6, 6.07) is 0. The lowest BCUT2D eigenvalue weighted by Crippen LogP contribution is -1.98. The number of benzene rings is 1. The first-order valence-corrected chi connectivity index (χ1v) is 5.88. The van der Waals surface area contributed by atoms with Gasteiger partial charge >= 0.3 is 0 Å². The molecule has 0 aliphatic heterocycles. The third kappa shape index (κ3) is 2.01. The van der Waals surface area contributed by atoms with Gasteiger partial charge in [0.2, 0.25) is 5.75 Å². The average Bonchev–Trinajstić information content (AvgIpc) is 2.19. The molecule has 0 aliphatic rings. The lowest BCUT2D eigenvalue weighted by atomic mass is 10.1. The Bertz CT molecular complexity index is 336. The van der Waals surface area contributed by atoms with Crippen molar-refractivity contribution >= 4 is 45.2 Å². The number of hydrogen-bond acceptors (Lipinski definition) is 4. The molecule has 6 heteroatoms. The van der Waals surface area contributed by atoms with Crippen molar-refractivity contribution in [2.24, 2.45) is 0 Å². The predicted molar refractivity (Wildman–Crippen MR) is 67.7 cm³/mol. The fourth-order valence-electron chi connectivity index (χ4n) is 1.04. The number of phenols is 3. The molecule has 0 saturated carbocycles. The zero-order chi connectivity index (χ0) is 10.9. The minimum Gasteiger partial charge on any atom is -0.504 e. The first-order valence-electron chi connectivity index (χ1n) is 3.72. The molecule has 0 radical (unpaired) electrons. The molecule has 1 rings (SSSR count). The molecule has 0 aliphatic carbocycles. The Labute approximate surface area is 108 Å². The van der Waals surface area contributed by atoms with Crippen molar-refractivity contribution in [3.05, 3.63) is 12.7 Å². The van der Waals surface area contributed by atoms with Crippen LogP contribution in [0.4, 0.5) is 0 Å². The molecule has 0 bridgehead atoms. The smallest absolute Gasteiger partial charge is 0.201 e. The van der Waals surface area contributed by atoms with E-state index in [0.717, 1.165) is 0 Å². The predicted octanol–water partition coefficient (Wildman–Crippen LogP) is 1.55. The first-order chi connectivity index (χ1) is 6.50. The summed E-state index contributed by atoms with van der Waals surface area (Å²) in [4.78, 5) is 0. The molecule has 0 fully saturated rings. The van der Waals surface area contributed by atoms with Crippen LogP contribution in [0.5, 0.6) is 17.2 Å². The van der Waals surface area contributed by atoms with E-state index in [1.165, 1.54) is 0 Å². The van der Waals surface area contributed by atoms with Crippen LogP contribution in [0.25, 0.3) is 0 Å². The van der Waals surface area contributed by atoms with Gasteiger partial charge in [-0.25, -0.2) is 0 Å². The maximum atomic E-state index is 9.49. The molecule has 0 unspecified atom stereocenters. The number of aliphatic hydroxyl groups excluding tert-OH is 1. The Hall–Kier alpha value is 0.0400. The number of aliphatic hydroxyl groups is 1. The standard InChI is InChI=1S/C8H8I2O4/c9-4-3(1-2-11)6(12)8(14)7(13)5(4)10/h11-14H,1-2H2. The van der Waals surface area contributed by atoms with Crippen LogP contribution in [-0.4, -0.2) is 27.0 Å². The Morgan fingerprint density at radius 3 is 1.93 bits per heavy atom. The molecule has 0 atom stereocenters. The molecule has 1 aromatic carbocycles. The summed E-state index contributed by atoms with van der Waals surface area (Å²) >= 11 is 3.81. The van der Waals surface area contributed by atoms with Gasteiger partial charge in [0.25, 0.3) is 0 Å². The highest BCUT2D eigenvalue weighted by Crippen LogP contribution is 2.44. The summed E-state index contributed by atoms with van der Waals surface area (Å²) < 4.78 is 1.12. The number of halogens is 2. The lowest BCUT2D eigenvalue weighted by Gasteiger charge is -2.11. The van der Waals surface area contributed by atoms with Gasteiger partial charge in [-0.2, -0.15) is 0 Å². The van der Waals surface area contributed by atoms with E-state index in [1.807, 2.05) is 45.2 Å². The van der Waals surface area contributed by atoms with Crippen molar-refractivity contribution in [3.63, 3.8) is 0 Å². The molecule has 0 heterocycles. The number of aromatic hydroxyl groups is 3. The molecular formula is C8H8I2O4. The van der Waals surface area contributed by atoms with Crippen LogP contribution in [0.15, 0.2) is 0 Å². The highest BCUT2D eigenvalue weighted by atomic mass is 127. The molecule has 1 aromatic rings. The molecule has 0 amide bonds. The Morgan fingerprint density at radius 1 is 0.857 bits per heavy atom. The zero-order valence-corrected chi connectivity index (χ0v) is 11.3. The van der Waals surface area contributed by atoms with Crippen LogP contribution in [0, 0.1) is 7.14 Å². The second kappa shape index (κ2) is 4.71. The van der Waals surface area contributed by atoms with E-state index in [4.69, 9.17) is 5.11 Å². The first kappa shape index (κ1) is 12.1. The summed E-state index contributed by atoms with van der Waals surface area (Å²) in [7, 11) is 0. The summed E-state index contributed by atoms with van der Waals surface area (Å²) in [6.07, 6.45) is 0.244. The largest absolute Gasteiger partial charge is 0.504 e. The monoisotopic (exact) mass is 422 g/mol. The van der Waals surface area contributed by atoms with E-state index in [9.17, 15) is 15.3 Å². The number of hydrogen-bond donors (Lipinski definition) is 4. The fraction of sp³-hybridized carbons (Fsp3) is 0.250. The van der Waals surface area contributed by atoms with Crippen molar-refractivity contribution in [1.82, 2.24) is 0 Å². The van der Waals surface area contributed by atoms with Gasteiger partial charge in [0.05, 0.1) is 3.57 Å². The fourth-order valence-corrected chi connectivity index (χ4v) is 2.40. The van der Waals surface area contributed by atoms with Gasteiger partial charge in [-0.05, 0) is 45.2 Å². The highest BCUT2D eigenvalue weighted by molar-refractivity contribution is 14.1. The summed E-state index contributed by atoms with van der Waals surface area (Å²) in [6.45, 7) is -0.121. The maximum Gasteiger partial charge on any atom is 0.201 e. The van der Waals surface area contributed by atoms with Gasteiger partial charge in [-0.1, -0.05) is 0 Å². The van der Waals surface area contributed by atoms with Gasteiger partial charge in [0.15, 0.2) is 11.5 Å². The van der Waals surface area contributed by atoms with E-state index in [0.29, 0.717) is 12.7 Å². The minimum atomic E-state index is -0.529. The third-order valence-corrected chi connectivity index (χ3v) is 5.03. The van der Waals surface area contributed by atoms with E-state index in [2.05, 4.69) is 0 Å². The number of phenolic OH excluding ortho intramolecular Hbond substituents is 3. The van der Waals surface area contributed by atoms with Crippen molar-refractivity contribution in [1.29, 1.82) is 0 Å². The molecule has 4 N–H and O–H groups in total. The van der Waals surface area contributed by atoms with Gasteiger partial charge < -0.3 is 20.4 Å². The Kier molecular flexibility index (Phi) is 4.07. The molecule has 78 valence electrons. The average molecular weight is 422 g/mol. The van der Waals surface area contributed by atoms with Crippen LogP contribution in [0.2, 0.25) is 0 Å². The quantitative estimate of drug-likeness (QED) is 0.431. The van der Waals surface area contributed by atoms with Crippen LogP contribution in [0.1, 0.15) is 5.56 Å². The van der Waals surface area contributed by atoms with Crippen LogP contribution in [-0.2, 0) is 6.42 Å². The van der Waals surface area contributed by atoms with E-state index in [-0.39, 0.29) is 24.5 Å². The Morgan fingerprint density at radius 2 is 1.43 bits per heavy atom. The van der Waals surface area contributed by atoms with Gasteiger partial charge in [0.1, 0.15) is 0 Å². The van der Waals surface area contributed by atoms with Gasteiger partial charge in [0, 0.05) is 22.2 Å². The van der Waals surface area contributed by atoms with E-state index in [1.54, 1.807) is 0 Å². The molecule has 14 heavy (non-hydrogen) atoms. The number of rotatable bonds is 2. The Balaban J connectivity index is 3.43. The SMILES string of the molecule is OCCc1c(O)c(O)c(O)c(I)c1I. The van der Waals surface area contributed by atoms with Crippen LogP contribution in [0.3, 0.4) is 0 Å². The summed E-state index contributed by atoms with van der Waals surface area (Å²) in [5.74, 6) is -1.21. The topological polar surface area (TPSA) is 80.9 Å². The lowest BCUT2D eigenvalue weighted by molar-refractivity contribution is 0.295. The third-order valence-electron chi connectivity index (χ3n) is 1.76. The maximum absolute atomic E-state index is 9.49. The second-order valence-corrected chi connectivity index (χ2v) is 4.78. The molecular weight excluding hydrogens is 414 g/mol. The minimum absolute atomic E-state index is 0.121.